The number of hydrogen-bond acceptors (Lipinski definition) is 2. The van der Waals surface area contributed by atoms with Crippen LogP contribution in [0.4, 0.5) is 8.78 Å². The molecule has 0 aromatic heterocycles. The average molecular weight is 216 g/mol. The van der Waals surface area contributed by atoms with Crippen LogP contribution in [0.25, 0.3) is 0 Å². The predicted octanol–water partition coefficient (Wildman–Crippen LogP) is 2.81. The fourth-order valence-corrected chi connectivity index (χ4v) is 1.36. The van der Waals surface area contributed by atoms with Crippen LogP contribution in [0.5, 0.6) is 5.75 Å². The van der Waals surface area contributed by atoms with Crippen molar-refractivity contribution >= 4 is 0 Å². The Morgan fingerprint density at radius 2 is 2.07 bits per heavy atom. The molecule has 0 aliphatic rings. The molecule has 0 unspecified atom stereocenters. The Kier molecular flexibility index (Phi) is 4.03. The third kappa shape index (κ3) is 2.65. The highest BCUT2D eigenvalue weighted by atomic mass is 19.2. The number of methoxy groups -OCH3 is 1. The Bertz CT molecular complexity index is 340. The molecule has 1 rings (SSSR count). The Morgan fingerprint density at radius 1 is 1.40 bits per heavy atom. The molecule has 0 heterocycles. The molecule has 84 valence electrons. The van der Waals surface area contributed by atoms with Gasteiger partial charge in [-0.05, 0) is 24.1 Å². The molecule has 2 nitrogen and oxygen atoms in total. The Hall–Kier alpha value is -1.16. The van der Waals surface area contributed by atoms with Gasteiger partial charge in [-0.2, -0.15) is 4.39 Å². The molecule has 4 heteroatoms. The summed E-state index contributed by atoms with van der Waals surface area (Å²) in [6.45, 7) is 1.90. The molecule has 0 saturated carbocycles. The van der Waals surface area contributed by atoms with E-state index in [4.69, 9.17) is 0 Å². The molecule has 1 atom stereocenters. The van der Waals surface area contributed by atoms with E-state index < -0.39 is 17.7 Å². The molecule has 1 aromatic carbocycles. The highest BCUT2D eigenvalue weighted by molar-refractivity contribution is 5.32. The number of hydrogen-bond donors (Lipinski definition) is 1. The molecule has 0 fully saturated rings. The lowest BCUT2D eigenvalue weighted by Crippen LogP contribution is -2.01. The van der Waals surface area contributed by atoms with Gasteiger partial charge in [-0.15, -0.1) is 0 Å². The van der Waals surface area contributed by atoms with E-state index in [1.165, 1.54) is 13.2 Å². The van der Waals surface area contributed by atoms with Crippen LogP contribution in [-0.2, 0) is 0 Å². The summed E-state index contributed by atoms with van der Waals surface area (Å²) in [5, 5.41) is 9.61. The molecular formula is C11H14F2O2. The van der Waals surface area contributed by atoms with Crippen LogP contribution in [0.1, 0.15) is 31.4 Å². The minimum absolute atomic E-state index is 0.180. The SMILES string of the molecule is CCC[C@@H](O)c1cc(F)c(F)c(OC)c1. The van der Waals surface area contributed by atoms with Crippen LogP contribution in [-0.4, -0.2) is 12.2 Å². The van der Waals surface area contributed by atoms with Crippen molar-refractivity contribution in [3.05, 3.63) is 29.3 Å². The first-order valence-corrected chi connectivity index (χ1v) is 4.81. The monoisotopic (exact) mass is 216 g/mol. The van der Waals surface area contributed by atoms with Crippen molar-refractivity contribution < 1.29 is 18.6 Å². The maximum absolute atomic E-state index is 13.1. The number of rotatable bonds is 4. The minimum atomic E-state index is -1.02. The van der Waals surface area contributed by atoms with Crippen LogP contribution in [0.15, 0.2) is 12.1 Å². The van der Waals surface area contributed by atoms with Gasteiger partial charge in [0.15, 0.2) is 11.6 Å². The first-order valence-electron chi connectivity index (χ1n) is 4.81. The van der Waals surface area contributed by atoms with Crippen LogP contribution in [0.2, 0.25) is 0 Å². The molecule has 0 saturated heterocycles. The number of halogens is 2. The van der Waals surface area contributed by atoms with Gasteiger partial charge in [0.2, 0.25) is 5.82 Å². The largest absolute Gasteiger partial charge is 0.494 e. The molecule has 1 aromatic rings. The molecule has 0 spiro atoms. The van der Waals surface area contributed by atoms with Crippen LogP contribution in [0, 0.1) is 11.6 Å². The van der Waals surface area contributed by atoms with E-state index in [1.807, 2.05) is 6.92 Å². The maximum atomic E-state index is 13.1. The Morgan fingerprint density at radius 3 is 2.60 bits per heavy atom. The summed E-state index contributed by atoms with van der Waals surface area (Å²) in [5.74, 6) is -2.20. The van der Waals surface area contributed by atoms with Gasteiger partial charge in [-0.3, -0.25) is 0 Å². The molecule has 15 heavy (non-hydrogen) atoms. The summed E-state index contributed by atoms with van der Waals surface area (Å²) in [5.41, 5.74) is 0.340. The highest BCUT2D eigenvalue weighted by Gasteiger charge is 2.15. The fourth-order valence-electron chi connectivity index (χ4n) is 1.36. The third-order valence-corrected chi connectivity index (χ3v) is 2.18. The van der Waals surface area contributed by atoms with E-state index in [1.54, 1.807) is 0 Å². The summed E-state index contributed by atoms with van der Waals surface area (Å²) in [6, 6.07) is 2.32. The van der Waals surface area contributed by atoms with Crippen molar-refractivity contribution in [2.45, 2.75) is 25.9 Å². The molecule has 0 aliphatic carbocycles. The van der Waals surface area contributed by atoms with Crippen LogP contribution in [0.3, 0.4) is 0 Å². The zero-order chi connectivity index (χ0) is 11.4. The number of aliphatic hydroxyl groups is 1. The van der Waals surface area contributed by atoms with Gasteiger partial charge in [0.05, 0.1) is 13.2 Å². The second-order valence-electron chi connectivity index (χ2n) is 3.32. The first-order chi connectivity index (χ1) is 7.10. The topological polar surface area (TPSA) is 29.5 Å². The zero-order valence-electron chi connectivity index (χ0n) is 8.76. The lowest BCUT2D eigenvalue weighted by atomic mass is 10.0. The van der Waals surface area contributed by atoms with Crippen molar-refractivity contribution in [1.29, 1.82) is 0 Å². The van der Waals surface area contributed by atoms with Crippen LogP contribution >= 0.6 is 0 Å². The van der Waals surface area contributed by atoms with Crippen LogP contribution < -0.4 is 4.74 Å². The Balaban J connectivity index is 3.05. The second-order valence-corrected chi connectivity index (χ2v) is 3.32. The van der Waals surface area contributed by atoms with Crippen molar-refractivity contribution in [1.82, 2.24) is 0 Å². The predicted molar refractivity (Wildman–Crippen MR) is 52.8 cm³/mol. The average Bonchev–Trinajstić information content (AvgIpc) is 2.22. The summed E-state index contributed by atoms with van der Waals surface area (Å²) in [4.78, 5) is 0. The van der Waals surface area contributed by atoms with Gasteiger partial charge in [0.25, 0.3) is 0 Å². The summed E-state index contributed by atoms with van der Waals surface area (Å²) in [7, 11) is 1.26. The van der Waals surface area contributed by atoms with Gasteiger partial charge < -0.3 is 9.84 Å². The molecule has 0 bridgehead atoms. The lowest BCUT2D eigenvalue weighted by Gasteiger charge is -2.12. The quantitative estimate of drug-likeness (QED) is 0.838. The van der Waals surface area contributed by atoms with E-state index in [0.29, 0.717) is 12.0 Å². The van der Waals surface area contributed by atoms with E-state index >= 15 is 0 Å². The normalized spacial score (nSPS) is 12.6. The van der Waals surface area contributed by atoms with E-state index in [9.17, 15) is 13.9 Å². The smallest absolute Gasteiger partial charge is 0.200 e. The minimum Gasteiger partial charge on any atom is -0.494 e. The second kappa shape index (κ2) is 5.07. The maximum Gasteiger partial charge on any atom is 0.200 e. The first kappa shape index (κ1) is 11.9. The lowest BCUT2D eigenvalue weighted by molar-refractivity contribution is 0.165. The van der Waals surface area contributed by atoms with E-state index in [-0.39, 0.29) is 5.75 Å². The van der Waals surface area contributed by atoms with Crippen molar-refractivity contribution in [2.75, 3.05) is 7.11 Å². The Labute approximate surface area is 87.5 Å². The summed E-state index contributed by atoms with van der Waals surface area (Å²) in [6.07, 6.45) is 0.496. The van der Waals surface area contributed by atoms with Gasteiger partial charge in [0, 0.05) is 0 Å². The van der Waals surface area contributed by atoms with Gasteiger partial charge >= 0.3 is 0 Å². The molecule has 1 N–H and O–H groups in total. The molecular weight excluding hydrogens is 202 g/mol. The number of benzene rings is 1. The number of aliphatic hydroxyl groups excluding tert-OH is 1. The zero-order valence-corrected chi connectivity index (χ0v) is 8.76. The molecule has 0 aliphatic heterocycles. The standard InChI is InChI=1S/C11H14F2O2/c1-3-4-9(14)7-5-8(12)11(13)10(6-7)15-2/h5-6,9,14H,3-4H2,1-2H3/t9-/m1/s1. The van der Waals surface area contributed by atoms with Gasteiger partial charge in [-0.1, -0.05) is 13.3 Å². The number of ether oxygens (including phenoxy) is 1. The molecule has 0 radical (unpaired) electrons. The van der Waals surface area contributed by atoms with Crippen molar-refractivity contribution in [2.24, 2.45) is 0 Å². The van der Waals surface area contributed by atoms with Crippen molar-refractivity contribution in [3.63, 3.8) is 0 Å². The highest BCUT2D eigenvalue weighted by Crippen LogP contribution is 2.27. The fraction of sp³-hybridized carbons (Fsp3) is 0.455. The summed E-state index contributed by atoms with van der Waals surface area (Å²) >= 11 is 0. The van der Waals surface area contributed by atoms with Gasteiger partial charge in [0.1, 0.15) is 0 Å². The third-order valence-electron chi connectivity index (χ3n) is 2.18. The van der Waals surface area contributed by atoms with Gasteiger partial charge in [-0.25, -0.2) is 4.39 Å². The summed E-state index contributed by atoms with van der Waals surface area (Å²) < 4.78 is 30.8. The van der Waals surface area contributed by atoms with Crippen molar-refractivity contribution in [3.8, 4) is 5.75 Å². The molecule has 0 amide bonds. The van der Waals surface area contributed by atoms with E-state index in [2.05, 4.69) is 4.74 Å². The van der Waals surface area contributed by atoms with E-state index in [0.717, 1.165) is 12.5 Å².